The maximum Gasteiger partial charge on any atom is 0.145 e. The van der Waals surface area contributed by atoms with Crippen molar-refractivity contribution in [3.05, 3.63) is 58.6 Å². The Morgan fingerprint density at radius 3 is 2.95 bits per heavy atom. The summed E-state index contributed by atoms with van der Waals surface area (Å²) in [5.74, 6) is 0.241. The summed E-state index contributed by atoms with van der Waals surface area (Å²) in [4.78, 5) is 4.08. The third-order valence-corrected chi connectivity index (χ3v) is 3.24. The van der Waals surface area contributed by atoms with Crippen molar-refractivity contribution in [3.8, 4) is 5.75 Å². The molecule has 0 radical (unpaired) electrons. The highest BCUT2D eigenvalue weighted by atomic mass is 35.5. The van der Waals surface area contributed by atoms with Crippen LogP contribution in [0.1, 0.15) is 24.1 Å². The molecule has 0 spiro atoms. The van der Waals surface area contributed by atoms with Crippen LogP contribution in [0, 0.1) is 5.82 Å². The summed E-state index contributed by atoms with van der Waals surface area (Å²) in [6.07, 6.45) is 3.64. The van der Waals surface area contributed by atoms with E-state index >= 15 is 0 Å². The van der Waals surface area contributed by atoms with E-state index in [0.717, 1.165) is 5.56 Å². The molecule has 1 atom stereocenters. The lowest BCUT2D eigenvalue weighted by Gasteiger charge is -2.14. The molecule has 1 unspecified atom stereocenters. The van der Waals surface area contributed by atoms with Gasteiger partial charge in [-0.15, -0.1) is 0 Å². The fraction of sp³-hybridized carbons (Fsp3) is 0.267. The van der Waals surface area contributed by atoms with E-state index in [1.807, 2.05) is 13.0 Å². The number of pyridine rings is 1. The van der Waals surface area contributed by atoms with Gasteiger partial charge in [-0.1, -0.05) is 23.7 Å². The number of halogens is 2. The maximum absolute atomic E-state index is 13.8. The molecule has 1 heterocycles. The van der Waals surface area contributed by atoms with Crippen LogP contribution in [-0.2, 0) is 6.42 Å². The van der Waals surface area contributed by atoms with E-state index in [0.29, 0.717) is 24.3 Å². The molecule has 0 saturated heterocycles. The molecule has 5 heteroatoms. The van der Waals surface area contributed by atoms with Gasteiger partial charge in [0, 0.05) is 12.2 Å². The second-order valence-electron chi connectivity index (χ2n) is 4.41. The van der Waals surface area contributed by atoms with E-state index in [4.69, 9.17) is 22.1 Å². The normalized spacial score (nSPS) is 12.2. The van der Waals surface area contributed by atoms with Crippen LogP contribution in [0.4, 0.5) is 4.39 Å². The maximum atomic E-state index is 13.8. The Hall–Kier alpha value is -1.65. The van der Waals surface area contributed by atoms with Gasteiger partial charge in [0.2, 0.25) is 0 Å². The van der Waals surface area contributed by atoms with Gasteiger partial charge < -0.3 is 10.5 Å². The third kappa shape index (κ3) is 3.46. The monoisotopic (exact) mass is 294 g/mol. The van der Waals surface area contributed by atoms with Gasteiger partial charge in [-0.3, -0.25) is 4.98 Å². The molecule has 2 rings (SSSR count). The van der Waals surface area contributed by atoms with Crippen LogP contribution in [0.2, 0.25) is 5.02 Å². The molecule has 2 aromatic rings. The van der Waals surface area contributed by atoms with Gasteiger partial charge in [0.1, 0.15) is 11.6 Å². The predicted molar refractivity (Wildman–Crippen MR) is 77.4 cm³/mol. The molecule has 0 aliphatic rings. The first kappa shape index (κ1) is 14.8. The number of aromatic nitrogens is 1. The lowest BCUT2D eigenvalue weighted by molar-refractivity contribution is 0.338. The van der Waals surface area contributed by atoms with Crippen LogP contribution in [0.25, 0.3) is 0 Å². The molecule has 0 aliphatic heterocycles. The number of hydrogen-bond donors (Lipinski definition) is 1. The summed E-state index contributed by atoms with van der Waals surface area (Å²) in [5.41, 5.74) is 7.40. The van der Waals surface area contributed by atoms with E-state index in [1.165, 1.54) is 6.07 Å². The van der Waals surface area contributed by atoms with Gasteiger partial charge in [0.05, 0.1) is 17.8 Å². The van der Waals surface area contributed by atoms with Crippen molar-refractivity contribution >= 4 is 11.6 Å². The Labute approximate surface area is 122 Å². The molecular weight excluding hydrogens is 279 g/mol. The molecule has 0 amide bonds. The van der Waals surface area contributed by atoms with Gasteiger partial charge in [0.25, 0.3) is 0 Å². The Kier molecular flexibility index (Phi) is 4.93. The summed E-state index contributed by atoms with van der Waals surface area (Å²) in [5, 5.41) is 0.107. The Balaban J connectivity index is 2.17. The minimum Gasteiger partial charge on any atom is -0.492 e. The topological polar surface area (TPSA) is 48.1 Å². The van der Waals surface area contributed by atoms with E-state index in [2.05, 4.69) is 4.98 Å². The van der Waals surface area contributed by atoms with E-state index < -0.39 is 5.82 Å². The van der Waals surface area contributed by atoms with E-state index in [1.54, 1.807) is 24.5 Å². The van der Waals surface area contributed by atoms with Crippen LogP contribution < -0.4 is 10.5 Å². The molecule has 106 valence electrons. The summed E-state index contributed by atoms with van der Waals surface area (Å²) in [6.45, 7) is 2.46. The molecule has 0 fully saturated rings. The van der Waals surface area contributed by atoms with Crippen molar-refractivity contribution in [2.45, 2.75) is 19.4 Å². The summed E-state index contributed by atoms with van der Waals surface area (Å²) < 4.78 is 19.2. The quantitative estimate of drug-likeness (QED) is 0.918. The largest absolute Gasteiger partial charge is 0.492 e. The number of ether oxygens (including phenoxy) is 1. The molecule has 1 aromatic carbocycles. The summed E-state index contributed by atoms with van der Waals surface area (Å²) in [6, 6.07) is 6.37. The first-order chi connectivity index (χ1) is 9.61. The summed E-state index contributed by atoms with van der Waals surface area (Å²) >= 11 is 5.76. The van der Waals surface area contributed by atoms with Crippen LogP contribution in [0.15, 0.2) is 36.7 Å². The SMILES string of the molecule is CCOc1cncc(C(N)Cc2cccc(Cl)c2F)c1. The smallest absolute Gasteiger partial charge is 0.145 e. The first-order valence-electron chi connectivity index (χ1n) is 6.38. The zero-order chi connectivity index (χ0) is 14.5. The number of rotatable bonds is 5. The zero-order valence-electron chi connectivity index (χ0n) is 11.1. The van der Waals surface area contributed by atoms with Gasteiger partial charge in [-0.05, 0) is 36.6 Å². The first-order valence-corrected chi connectivity index (χ1v) is 6.75. The van der Waals surface area contributed by atoms with Crippen LogP contribution >= 0.6 is 11.6 Å². The molecule has 0 bridgehead atoms. The molecular formula is C15H16ClFN2O. The highest BCUT2D eigenvalue weighted by molar-refractivity contribution is 6.30. The summed E-state index contributed by atoms with van der Waals surface area (Å²) in [7, 11) is 0. The minimum atomic E-state index is -0.418. The number of benzene rings is 1. The van der Waals surface area contributed by atoms with Crippen LogP contribution in [0.3, 0.4) is 0 Å². The predicted octanol–water partition coefficient (Wildman–Crippen LogP) is 3.52. The number of nitrogens with zero attached hydrogens (tertiary/aromatic N) is 1. The molecule has 0 aliphatic carbocycles. The van der Waals surface area contributed by atoms with Crippen molar-refractivity contribution in [2.24, 2.45) is 5.73 Å². The fourth-order valence-electron chi connectivity index (χ4n) is 1.94. The molecule has 20 heavy (non-hydrogen) atoms. The minimum absolute atomic E-state index is 0.107. The Morgan fingerprint density at radius 1 is 1.40 bits per heavy atom. The highest BCUT2D eigenvalue weighted by Gasteiger charge is 2.13. The zero-order valence-corrected chi connectivity index (χ0v) is 11.9. The molecule has 2 N–H and O–H groups in total. The number of nitrogens with two attached hydrogens (primary N) is 1. The third-order valence-electron chi connectivity index (χ3n) is 2.94. The second-order valence-corrected chi connectivity index (χ2v) is 4.82. The van der Waals surface area contributed by atoms with Crippen molar-refractivity contribution in [1.29, 1.82) is 0 Å². The van der Waals surface area contributed by atoms with Gasteiger partial charge in [0.15, 0.2) is 0 Å². The Morgan fingerprint density at radius 2 is 2.20 bits per heavy atom. The molecule has 0 saturated carbocycles. The molecule has 3 nitrogen and oxygen atoms in total. The van der Waals surface area contributed by atoms with Crippen molar-refractivity contribution in [1.82, 2.24) is 4.98 Å². The van der Waals surface area contributed by atoms with Crippen LogP contribution in [-0.4, -0.2) is 11.6 Å². The standard InChI is InChI=1S/C15H16ClFN2O/c1-2-20-12-6-11(8-19-9-12)14(18)7-10-4-3-5-13(16)15(10)17/h3-6,8-9,14H,2,7,18H2,1H3. The van der Waals surface area contributed by atoms with E-state index in [-0.39, 0.29) is 11.1 Å². The number of hydrogen-bond acceptors (Lipinski definition) is 3. The van der Waals surface area contributed by atoms with Gasteiger partial charge >= 0.3 is 0 Å². The van der Waals surface area contributed by atoms with E-state index in [9.17, 15) is 4.39 Å². The highest BCUT2D eigenvalue weighted by Crippen LogP contribution is 2.24. The van der Waals surface area contributed by atoms with Crippen molar-refractivity contribution in [2.75, 3.05) is 6.61 Å². The Bertz CT molecular complexity index is 592. The van der Waals surface area contributed by atoms with Gasteiger partial charge in [-0.2, -0.15) is 0 Å². The van der Waals surface area contributed by atoms with Gasteiger partial charge in [-0.25, -0.2) is 4.39 Å². The molecule has 1 aromatic heterocycles. The lowest BCUT2D eigenvalue weighted by Crippen LogP contribution is -2.14. The van der Waals surface area contributed by atoms with Crippen LogP contribution in [0.5, 0.6) is 5.75 Å². The lowest BCUT2D eigenvalue weighted by atomic mass is 10.0. The average molecular weight is 295 g/mol. The average Bonchev–Trinajstić information content (AvgIpc) is 2.44. The fourth-order valence-corrected chi connectivity index (χ4v) is 2.14. The van der Waals surface area contributed by atoms with Crippen molar-refractivity contribution < 1.29 is 9.13 Å². The second kappa shape index (κ2) is 6.68. The van der Waals surface area contributed by atoms with Crippen molar-refractivity contribution in [3.63, 3.8) is 0 Å².